The number of hydrogen-bond donors (Lipinski definition) is 0. The first kappa shape index (κ1) is 26.1. The molecule has 1 unspecified atom stereocenters. The van der Waals surface area contributed by atoms with E-state index in [1.165, 1.54) is 32.7 Å². The number of hydrogen-bond acceptors (Lipinski definition) is 8. The van der Waals surface area contributed by atoms with Gasteiger partial charge in [0.15, 0.2) is 6.10 Å². The monoisotopic (exact) mass is 520 g/mol. The minimum Gasteiger partial charge on any atom is -0.492 e. The number of fused-ring (bicyclic) bond motifs is 1. The second-order valence-electron chi connectivity index (χ2n) is 8.13. The average molecular weight is 521 g/mol. The second-order valence-corrected chi connectivity index (χ2v) is 9.13. The van der Waals surface area contributed by atoms with E-state index in [-0.39, 0.29) is 4.87 Å². The van der Waals surface area contributed by atoms with Gasteiger partial charge in [0.1, 0.15) is 25.2 Å². The van der Waals surface area contributed by atoms with Gasteiger partial charge in [-0.3, -0.25) is 9.36 Å². The minimum atomic E-state index is -0.652. The highest BCUT2D eigenvalue weighted by molar-refractivity contribution is 7.16. The van der Waals surface area contributed by atoms with Crippen molar-refractivity contribution in [2.24, 2.45) is 5.16 Å². The molecule has 3 aromatic carbocycles. The van der Waals surface area contributed by atoms with Gasteiger partial charge in [-0.1, -0.05) is 65.0 Å². The third-order valence-corrected chi connectivity index (χ3v) is 6.79. The lowest BCUT2D eigenvalue weighted by atomic mass is 10.0. The van der Waals surface area contributed by atoms with Crippen molar-refractivity contribution in [3.05, 3.63) is 99.2 Å². The molecule has 0 radical (unpaired) electrons. The molecular weight excluding hydrogens is 492 g/mol. The molecule has 0 amide bonds. The van der Waals surface area contributed by atoms with Crippen molar-refractivity contribution in [3.8, 4) is 5.75 Å². The number of rotatable bonds is 11. The first-order valence-electron chi connectivity index (χ1n) is 11.7. The smallest absolute Gasteiger partial charge is 0.335 e. The Labute approximate surface area is 218 Å². The van der Waals surface area contributed by atoms with Gasteiger partial charge >= 0.3 is 10.8 Å². The Kier molecular flexibility index (Phi) is 8.71. The van der Waals surface area contributed by atoms with Crippen molar-refractivity contribution in [1.82, 2.24) is 4.57 Å². The molecule has 0 saturated carbocycles. The number of carbonyl (C=O) groups is 1. The molecular formula is C28H28N2O6S. The molecule has 4 rings (SSSR count). The zero-order valence-electron chi connectivity index (χ0n) is 20.9. The Morgan fingerprint density at radius 1 is 0.973 bits per heavy atom. The normalized spacial score (nSPS) is 12.4. The van der Waals surface area contributed by atoms with Gasteiger partial charge < -0.3 is 19.0 Å². The predicted molar refractivity (Wildman–Crippen MR) is 144 cm³/mol. The lowest BCUT2D eigenvalue weighted by Crippen LogP contribution is -2.26. The van der Waals surface area contributed by atoms with Gasteiger partial charge in [0.25, 0.3) is 0 Å². The molecule has 0 aliphatic carbocycles. The van der Waals surface area contributed by atoms with Crippen LogP contribution in [0.1, 0.15) is 16.7 Å². The lowest BCUT2D eigenvalue weighted by Gasteiger charge is -2.13. The maximum atomic E-state index is 12.7. The summed E-state index contributed by atoms with van der Waals surface area (Å²) < 4.78 is 18.4. The summed E-state index contributed by atoms with van der Waals surface area (Å²) in [6.07, 6.45) is -0.247. The van der Waals surface area contributed by atoms with Crippen molar-refractivity contribution < 1.29 is 23.8 Å². The van der Waals surface area contributed by atoms with E-state index in [2.05, 4.69) is 5.16 Å². The quantitative estimate of drug-likeness (QED) is 0.167. The Morgan fingerprint density at radius 3 is 2.41 bits per heavy atom. The van der Waals surface area contributed by atoms with Crippen LogP contribution in [0, 0.1) is 0 Å². The third-order valence-electron chi connectivity index (χ3n) is 5.85. The number of carbonyl (C=O) groups excluding carboxylic acids is 1. The number of nitrogens with zero attached hydrogens (tertiary/aromatic N) is 2. The summed E-state index contributed by atoms with van der Waals surface area (Å²) in [5.41, 5.74) is 4.27. The fraction of sp³-hybridized carbons (Fsp3) is 0.250. The number of aromatic nitrogens is 1. The van der Waals surface area contributed by atoms with Crippen LogP contribution in [0.4, 0.5) is 0 Å². The summed E-state index contributed by atoms with van der Waals surface area (Å²) >= 11 is 1.19. The zero-order valence-corrected chi connectivity index (χ0v) is 21.7. The summed E-state index contributed by atoms with van der Waals surface area (Å²) in [4.78, 5) is 29.5. The van der Waals surface area contributed by atoms with Gasteiger partial charge in [0, 0.05) is 24.7 Å². The van der Waals surface area contributed by atoms with E-state index in [1.807, 2.05) is 72.8 Å². The van der Waals surface area contributed by atoms with E-state index in [4.69, 9.17) is 19.0 Å². The molecule has 8 nitrogen and oxygen atoms in total. The molecule has 0 aliphatic heterocycles. The van der Waals surface area contributed by atoms with Gasteiger partial charge in [-0.15, -0.1) is 0 Å². The average Bonchev–Trinajstić information content (AvgIpc) is 3.25. The highest BCUT2D eigenvalue weighted by Crippen LogP contribution is 2.22. The van der Waals surface area contributed by atoms with Crippen LogP contribution >= 0.6 is 11.3 Å². The van der Waals surface area contributed by atoms with Crippen molar-refractivity contribution in [3.63, 3.8) is 0 Å². The standard InChI is InChI=1S/C28H28N2O6S/c1-33-24(27(31)34-2)17-19-9-12-22(13-10-19)36-16-15-30-23-14-11-21(18-25(23)37-28(30)32)26(29-35-3)20-7-5-4-6-8-20/h4-14,18,24H,15-17H2,1-3H3/b29-26+. The van der Waals surface area contributed by atoms with Crippen LogP contribution in [-0.4, -0.2) is 50.3 Å². The number of oxime groups is 1. The number of benzene rings is 3. The molecule has 37 heavy (non-hydrogen) atoms. The topological polar surface area (TPSA) is 88.4 Å². The van der Waals surface area contributed by atoms with Gasteiger partial charge in [-0.05, 0) is 29.8 Å². The first-order chi connectivity index (χ1) is 18.0. The molecule has 0 fully saturated rings. The summed E-state index contributed by atoms with van der Waals surface area (Å²) in [6, 6.07) is 23.0. The third kappa shape index (κ3) is 6.25. The molecule has 0 aliphatic rings. The zero-order chi connectivity index (χ0) is 26.2. The van der Waals surface area contributed by atoms with E-state index >= 15 is 0 Å². The van der Waals surface area contributed by atoms with Crippen LogP contribution in [0.15, 0.2) is 82.7 Å². The Morgan fingerprint density at radius 2 is 1.73 bits per heavy atom. The van der Waals surface area contributed by atoms with E-state index in [1.54, 1.807) is 4.57 Å². The van der Waals surface area contributed by atoms with Crippen molar-refractivity contribution in [2.75, 3.05) is 27.9 Å². The Bertz CT molecular complexity index is 1430. The molecule has 1 heterocycles. The van der Waals surface area contributed by atoms with Crippen LogP contribution in [0.25, 0.3) is 10.2 Å². The van der Waals surface area contributed by atoms with E-state index in [0.29, 0.717) is 31.0 Å². The number of thiazole rings is 1. The van der Waals surface area contributed by atoms with E-state index in [0.717, 1.165) is 26.9 Å². The Balaban J connectivity index is 1.43. The molecule has 0 saturated heterocycles. The summed E-state index contributed by atoms with van der Waals surface area (Å²) in [6.45, 7) is 0.738. The number of methoxy groups -OCH3 is 2. The van der Waals surface area contributed by atoms with Crippen LogP contribution in [0.3, 0.4) is 0 Å². The van der Waals surface area contributed by atoms with Crippen molar-refractivity contribution in [2.45, 2.75) is 19.1 Å². The maximum absolute atomic E-state index is 12.7. The minimum absolute atomic E-state index is 0.0514. The predicted octanol–water partition coefficient (Wildman–Crippen LogP) is 4.27. The summed E-state index contributed by atoms with van der Waals surface area (Å²) in [7, 11) is 4.33. The SMILES string of the molecule is CO/N=C(\c1ccccc1)c1ccc2c(c1)sc(=O)n2CCOc1ccc(CC(OC)C(=O)OC)cc1. The van der Waals surface area contributed by atoms with Crippen LogP contribution < -0.4 is 9.61 Å². The van der Waals surface area contributed by atoms with E-state index < -0.39 is 12.1 Å². The molecule has 9 heteroatoms. The fourth-order valence-corrected chi connectivity index (χ4v) is 4.93. The summed E-state index contributed by atoms with van der Waals surface area (Å²) in [5, 5.41) is 4.21. The van der Waals surface area contributed by atoms with Gasteiger partial charge in [-0.25, -0.2) is 4.79 Å². The largest absolute Gasteiger partial charge is 0.492 e. The molecule has 0 N–H and O–H groups in total. The molecule has 1 atom stereocenters. The molecule has 192 valence electrons. The van der Waals surface area contributed by atoms with Gasteiger partial charge in [-0.2, -0.15) is 0 Å². The first-order valence-corrected chi connectivity index (χ1v) is 12.5. The maximum Gasteiger partial charge on any atom is 0.335 e. The molecule has 1 aromatic heterocycles. The lowest BCUT2D eigenvalue weighted by molar-refractivity contribution is -0.152. The van der Waals surface area contributed by atoms with Crippen molar-refractivity contribution in [1.29, 1.82) is 0 Å². The number of esters is 1. The van der Waals surface area contributed by atoms with Crippen molar-refractivity contribution >= 4 is 33.2 Å². The molecule has 4 aromatic rings. The van der Waals surface area contributed by atoms with Gasteiger partial charge in [0.2, 0.25) is 0 Å². The van der Waals surface area contributed by atoms with Crippen LogP contribution in [0.5, 0.6) is 5.75 Å². The highest BCUT2D eigenvalue weighted by atomic mass is 32.1. The van der Waals surface area contributed by atoms with E-state index in [9.17, 15) is 9.59 Å². The van der Waals surface area contributed by atoms with Gasteiger partial charge in [0.05, 0.1) is 23.9 Å². The van der Waals surface area contributed by atoms with Crippen LogP contribution in [0.2, 0.25) is 0 Å². The molecule has 0 bridgehead atoms. The Hall–Kier alpha value is -3.95. The highest BCUT2D eigenvalue weighted by Gasteiger charge is 2.19. The summed E-state index contributed by atoms with van der Waals surface area (Å²) in [5.74, 6) is 0.264. The second kappa shape index (κ2) is 12.3. The van der Waals surface area contributed by atoms with Crippen LogP contribution in [-0.2, 0) is 32.1 Å². The molecule has 0 spiro atoms. The number of ether oxygens (including phenoxy) is 3. The fourth-order valence-electron chi connectivity index (χ4n) is 3.97.